The summed E-state index contributed by atoms with van der Waals surface area (Å²) in [5.74, 6) is 0.0274. The molecule has 0 aliphatic heterocycles. The summed E-state index contributed by atoms with van der Waals surface area (Å²) in [7, 11) is 1.74. The molecule has 1 saturated carbocycles. The van der Waals surface area contributed by atoms with E-state index in [4.69, 9.17) is 10.3 Å². The first-order valence-electron chi connectivity index (χ1n) is 10.4. The lowest BCUT2D eigenvalue weighted by atomic mass is 9.84. The van der Waals surface area contributed by atoms with Gasteiger partial charge in [-0.2, -0.15) is 4.98 Å². The number of likely N-dealkylation sites (N-methyl/N-ethyl adjacent to an activating group) is 1. The van der Waals surface area contributed by atoms with Crippen LogP contribution in [0.5, 0.6) is 0 Å². The van der Waals surface area contributed by atoms with Crippen molar-refractivity contribution in [3.05, 3.63) is 11.7 Å². The summed E-state index contributed by atoms with van der Waals surface area (Å²) in [4.78, 5) is 28.2. The highest BCUT2D eigenvalue weighted by molar-refractivity contribution is 5.75. The maximum atomic E-state index is 11.2. The van der Waals surface area contributed by atoms with Gasteiger partial charge in [0.1, 0.15) is 0 Å². The van der Waals surface area contributed by atoms with Gasteiger partial charge in [0.15, 0.2) is 5.82 Å². The Morgan fingerprint density at radius 1 is 1.29 bits per heavy atom. The average molecular weight is 397 g/mol. The minimum absolute atomic E-state index is 0.0105. The molecule has 160 valence electrons. The van der Waals surface area contributed by atoms with E-state index in [0.29, 0.717) is 18.3 Å². The number of rotatable bonds is 11. The van der Waals surface area contributed by atoms with E-state index in [-0.39, 0.29) is 18.9 Å². The van der Waals surface area contributed by atoms with Crippen LogP contribution in [-0.4, -0.2) is 45.6 Å². The largest absolute Gasteiger partial charge is 0.481 e. The summed E-state index contributed by atoms with van der Waals surface area (Å²) in [6.07, 6.45) is 9.39. The number of carbonyl (C=O) groups is 2. The maximum absolute atomic E-state index is 11.2. The van der Waals surface area contributed by atoms with Gasteiger partial charge in [-0.1, -0.05) is 63.9 Å². The molecule has 0 saturated heterocycles. The van der Waals surface area contributed by atoms with Gasteiger partial charge in [0.05, 0.1) is 19.5 Å². The van der Waals surface area contributed by atoms with E-state index in [1.807, 2.05) is 13.8 Å². The zero-order valence-corrected chi connectivity index (χ0v) is 17.5. The summed E-state index contributed by atoms with van der Waals surface area (Å²) in [6.45, 7) is 4.43. The van der Waals surface area contributed by atoms with Crippen molar-refractivity contribution < 1.29 is 19.2 Å². The van der Waals surface area contributed by atoms with E-state index in [0.717, 1.165) is 25.2 Å². The van der Waals surface area contributed by atoms with Gasteiger partial charge >= 0.3 is 5.97 Å². The van der Waals surface area contributed by atoms with Crippen LogP contribution in [-0.2, 0) is 16.1 Å². The Labute approximate surface area is 167 Å². The van der Waals surface area contributed by atoms with Crippen molar-refractivity contribution in [2.45, 2.75) is 84.1 Å². The zero-order chi connectivity index (χ0) is 20.9. The Bertz CT molecular complexity index is 585. The molecule has 1 aromatic heterocycles. The summed E-state index contributed by atoms with van der Waals surface area (Å²) in [5.41, 5.74) is 5.16. The minimum atomic E-state index is -0.863. The summed E-state index contributed by atoms with van der Waals surface area (Å²) < 4.78 is 5.31. The van der Waals surface area contributed by atoms with Crippen molar-refractivity contribution in [1.29, 1.82) is 0 Å². The second-order valence-corrected chi connectivity index (χ2v) is 7.42. The molecule has 1 aromatic rings. The standard InChI is InChI=1S/C18H30N4O4.C2H6/c1-22(11-15(19)23)12-16-20-18(26-21-16)14(10-17(24)25)9-5-8-13-6-3-2-4-7-13;1-2/h13-14H,2-12H2,1H3,(H2,19,23)(H,24,25);1-2H3. The van der Waals surface area contributed by atoms with Crippen LogP contribution in [0.2, 0.25) is 0 Å². The van der Waals surface area contributed by atoms with Crippen molar-refractivity contribution in [2.75, 3.05) is 13.6 Å². The van der Waals surface area contributed by atoms with Gasteiger partial charge in [0, 0.05) is 5.92 Å². The van der Waals surface area contributed by atoms with Crippen LogP contribution in [0.3, 0.4) is 0 Å². The molecule has 1 fully saturated rings. The molecule has 2 rings (SSSR count). The third-order valence-corrected chi connectivity index (χ3v) is 4.98. The fourth-order valence-electron chi connectivity index (χ4n) is 3.71. The zero-order valence-electron chi connectivity index (χ0n) is 17.5. The Kier molecular flexibility index (Phi) is 11.4. The maximum Gasteiger partial charge on any atom is 0.304 e. The molecule has 0 aromatic carbocycles. The van der Waals surface area contributed by atoms with E-state index in [1.165, 1.54) is 32.1 Å². The molecular weight excluding hydrogens is 360 g/mol. The van der Waals surface area contributed by atoms with Crippen LogP contribution >= 0.6 is 0 Å². The molecule has 8 heteroatoms. The van der Waals surface area contributed by atoms with Crippen LogP contribution in [0.25, 0.3) is 0 Å². The van der Waals surface area contributed by atoms with Crippen molar-refractivity contribution in [3.8, 4) is 0 Å². The Morgan fingerprint density at radius 2 is 1.96 bits per heavy atom. The van der Waals surface area contributed by atoms with Gasteiger partial charge in [-0.3, -0.25) is 14.5 Å². The molecular formula is C20H36N4O4. The van der Waals surface area contributed by atoms with Crippen molar-refractivity contribution in [2.24, 2.45) is 11.7 Å². The number of nitrogens with zero attached hydrogens (tertiary/aromatic N) is 3. The minimum Gasteiger partial charge on any atom is -0.481 e. The predicted octanol–water partition coefficient (Wildman–Crippen LogP) is 3.32. The lowest BCUT2D eigenvalue weighted by molar-refractivity contribution is -0.137. The SMILES string of the molecule is CC.CN(CC(N)=O)Cc1noc(C(CCCC2CCCCC2)CC(=O)O)n1. The molecule has 1 aliphatic rings. The smallest absolute Gasteiger partial charge is 0.304 e. The van der Waals surface area contributed by atoms with E-state index < -0.39 is 11.9 Å². The number of carboxylic acids is 1. The Hall–Kier alpha value is -1.96. The molecule has 8 nitrogen and oxygen atoms in total. The van der Waals surface area contributed by atoms with Crippen LogP contribution in [0.15, 0.2) is 4.52 Å². The number of amides is 1. The Balaban J connectivity index is 0.00000190. The van der Waals surface area contributed by atoms with Crippen LogP contribution in [0, 0.1) is 5.92 Å². The highest BCUT2D eigenvalue weighted by Gasteiger charge is 2.23. The second kappa shape index (κ2) is 13.3. The van der Waals surface area contributed by atoms with Crippen LogP contribution in [0.4, 0.5) is 0 Å². The summed E-state index contributed by atoms with van der Waals surface area (Å²) in [6, 6.07) is 0. The van der Waals surface area contributed by atoms with Crippen molar-refractivity contribution >= 4 is 11.9 Å². The quantitative estimate of drug-likeness (QED) is 0.588. The lowest BCUT2D eigenvalue weighted by Gasteiger charge is -2.21. The van der Waals surface area contributed by atoms with Gasteiger partial charge in [-0.25, -0.2) is 0 Å². The number of aromatic nitrogens is 2. The number of primary amides is 1. The normalized spacial score (nSPS) is 15.7. The molecule has 28 heavy (non-hydrogen) atoms. The van der Waals surface area contributed by atoms with E-state index in [1.54, 1.807) is 11.9 Å². The number of carboxylic acid groups (broad SMARTS) is 1. The molecule has 0 radical (unpaired) electrons. The van der Waals surface area contributed by atoms with Gasteiger partial charge < -0.3 is 15.4 Å². The van der Waals surface area contributed by atoms with Crippen molar-refractivity contribution in [3.63, 3.8) is 0 Å². The second-order valence-electron chi connectivity index (χ2n) is 7.42. The van der Waals surface area contributed by atoms with Gasteiger partial charge in [-0.15, -0.1) is 0 Å². The molecule has 1 atom stereocenters. The monoisotopic (exact) mass is 396 g/mol. The fourth-order valence-corrected chi connectivity index (χ4v) is 3.71. The Morgan fingerprint density at radius 3 is 2.57 bits per heavy atom. The van der Waals surface area contributed by atoms with Crippen LogP contribution in [0.1, 0.15) is 89.3 Å². The first kappa shape index (κ1) is 24.1. The van der Waals surface area contributed by atoms with Crippen molar-refractivity contribution in [1.82, 2.24) is 15.0 Å². The molecule has 0 spiro atoms. The van der Waals surface area contributed by atoms with Crippen LogP contribution < -0.4 is 5.73 Å². The highest BCUT2D eigenvalue weighted by Crippen LogP contribution is 2.31. The first-order chi connectivity index (χ1) is 13.4. The van der Waals surface area contributed by atoms with Gasteiger partial charge in [0.25, 0.3) is 0 Å². The molecule has 1 amide bonds. The molecule has 0 bridgehead atoms. The first-order valence-corrected chi connectivity index (χ1v) is 10.4. The van der Waals surface area contributed by atoms with Gasteiger partial charge in [0.2, 0.25) is 11.8 Å². The predicted molar refractivity (Wildman–Crippen MR) is 107 cm³/mol. The molecule has 1 unspecified atom stereocenters. The number of aliphatic carboxylic acids is 1. The average Bonchev–Trinajstić information content (AvgIpc) is 3.10. The van der Waals surface area contributed by atoms with E-state index >= 15 is 0 Å². The number of hydrogen-bond donors (Lipinski definition) is 2. The van der Waals surface area contributed by atoms with E-state index in [2.05, 4.69) is 10.1 Å². The third kappa shape index (κ3) is 9.30. The lowest BCUT2D eigenvalue weighted by Crippen LogP contribution is -2.30. The molecule has 1 heterocycles. The summed E-state index contributed by atoms with van der Waals surface area (Å²) in [5, 5.41) is 13.1. The highest BCUT2D eigenvalue weighted by atomic mass is 16.5. The molecule has 3 N–H and O–H groups in total. The fraction of sp³-hybridized carbons (Fsp3) is 0.800. The number of carbonyl (C=O) groups excluding carboxylic acids is 1. The summed E-state index contributed by atoms with van der Waals surface area (Å²) >= 11 is 0. The number of nitrogens with two attached hydrogens (primary N) is 1. The van der Waals surface area contributed by atoms with Gasteiger partial charge in [-0.05, 0) is 19.4 Å². The number of hydrogen-bond acceptors (Lipinski definition) is 6. The molecule has 1 aliphatic carbocycles. The van der Waals surface area contributed by atoms with E-state index in [9.17, 15) is 14.7 Å². The topological polar surface area (TPSA) is 123 Å². The third-order valence-electron chi connectivity index (χ3n) is 4.98.